The Hall–Kier alpha value is -1.37. The van der Waals surface area contributed by atoms with E-state index in [1.54, 1.807) is 6.07 Å². The second-order valence-corrected chi connectivity index (χ2v) is 3.99. The van der Waals surface area contributed by atoms with Crippen molar-refractivity contribution < 1.29 is 4.39 Å². The zero-order valence-electron chi connectivity index (χ0n) is 7.83. The molecule has 2 aromatic rings. The average molecular weight is 186 g/mol. The molecule has 0 saturated heterocycles. The fourth-order valence-electron chi connectivity index (χ4n) is 2.02. The molecule has 0 radical (unpaired) electrons. The van der Waals surface area contributed by atoms with Crippen LogP contribution < -0.4 is 0 Å². The molecule has 0 aliphatic heterocycles. The summed E-state index contributed by atoms with van der Waals surface area (Å²) in [5.41, 5.74) is 1.32. The van der Waals surface area contributed by atoms with E-state index in [9.17, 15) is 4.39 Å². The number of hydrogen-bond acceptors (Lipinski definition) is 0. The molecular weight excluding hydrogens is 175 g/mol. The molecule has 1 saturated carbocycles. The highest BCUT2D eigenvalue weighted by Crippen LogP contribution is 2.43. The van der Waals surface area contributed by atoms with Crippen LogP contribution in [-0.2, 0) is 0 Å². The molecule has 0 bridgehead atoms. The smallest absolute Gasteiger partial charge is 0.123 e. The Balaban J connectivity index is 2.32. The zero-order valence-corrected chi connectivity index (χ0v) is 7.83. The first-order valence-electron chi connectivity index (χ1n) is 5.03. The summed E-state index contributed by atoms with van der Waals surface area (Å²) in [4.78, 5) is 0. The average Bonchev–Trinajstić information content (AvgIpc) is 3.00. The van der Waals surface area contributed by atoms with E-state index in [-0.39, 0.29) is 5.82 Å². The van der Waals surface area contributed by atoms with Crippen LogP contribution in [0.5, 0.6) is 0 Å². The number of benzene rings is 2. The van der Waals surface area contributed by atoms with E-state index in [2.05, 4.69) is 12.1 Å². The van der Waals surface area contributed by atoms with Crippen LogP contribution >= 0.6 is 0 Å². The fourth-order valence-corrected chi connectivity index (χ4v) is 2.02. The molecule has 0 aromatic heterocycles. The van der Waals surface area contributed by atoms with Gasteiger partial charge in [0.2, 0.25) is 0 Å². The van der Waals surface area contributed by atoms with Gasteiger partial charge in [-0.1, -0.05) is 24.3 Å². The van der Waals surface area contributed by atoms with E-state index in [1.165, 1.54) is 24.5 Å². The molecular formula is C13H11F. The van der Waals surface area contributed by atoms with Gasteiger partial charge in [0.1, 0.15) is 5.82 Å². The Morgan fingerprint density at radius 2 is 1.93 bits per heavy atom. The van der Waals surface area contributed by atoms with Crippen LogP contribution in [0.1, 0.15) is 24.3 Å². The molecule has 0 spiro atoms. The van der Waals surface area contributed by atoms with E-state index in [1.807, 2.05) is 12.1 Å². The summed E-state index contributed by atoms with van der Waals surface area (Å²) in [6, 6.07) is 11.3. The van der Waals surface area contributed by atoms with Gasteiger partial charge in [0.15, 0.2) is 0 Å². The van der Waals surface area contributed by atoms with Crippen LogP contribution in [0.15, 0.2) is 36.4 Å². The first-order valence-corrected chi connectivity index (χ1v) is 5.03. The van der Waals surface area contributed by atoms with Crippen LogP contribution in [0.2, 0.25) is 0 Å². The number of rotatable bonds is 1. The van der Waals surface area contributed by atoms with Crippen LogP contribution in [0.25, 0.3) is 10.8 Å². The maximum Gasteiger partial charge on any atom is 0.123 e. The highest BCUT2D eigenvalue weighted by atomic mass is 19.1. The van der Waals surface area contributed by atoms with Gasteiger partial charge >= 0.3 is 0 Å². The molecule has 0 amide bonds. The van der Waals surface area contributed by atoms with Crippen molar-refractivity contribution in [2.24, 2.45) is 0 Å². The van der Waals surface area contributed by atoms with Gasteiger partial charge in [0.05, 0.1) is 0 Å². The number of hydrogen-bond donors (Lipinski definition) is 0. The van der Waals surface area contributed by atoms with Crippen molar-refractivity contribution in [3.8, 4) is 0 Å². The number of halogens is 1. The van der Waals surface area contributed by atoms with Gasteiger partial charge in [-0.2, -0.15) is 0 Å². The topological polar surface area (TPSA) is 0 Å². The molecule has 14 heavy (non-hydrogen) atoms. The van der Waals surface area contributed by atoms with Gasteiger partial charge in [-0.05, 0) is 47.2 Å². The van der Waals surface area contributed by atoms with Gasteiger partial charge in [0, 0.05) is 0 Å². The normalized spacial score (nSPS) is 16.1. The molecule has 3 rings (SSSR count). The quantitative estimate of drug-likeness (QED) is 0.634. The summed E-state index contributed by atoms with van der Waals surface area (Å²) in [6.07, 6.45) is 2.52. The molecule has 1 heteroatoms. The molecule has 0 N–H and O–H groups in total. The third-order valence-corrected chi connectivity index (χ3v) is 2.90. The summed E-state index contributed by atoms with van der Waals surface area (Å²) in [5, 5.41) is 2.24. The lowest BCUT2D eigenvalue weighted by Gasteiger charge is -2.04. The standard InChI is InChI=1S/C13H11F/c14-11-7-6-9-2-1-3-12(10-4-5-10)13(9)8-11/h1-3,6-8,10H,4-5H2. The second-order valence-electron chi connectivity index (χ2n) is 3.99. The summed E-state index contributed by atoms with van der Waals surface area (Å²) in [5.74, 6) is 0.547. The van der Waals surface area contributed by atoms with Gasteiger partial charge in [-0.25, -0.2) is 4.39 Å². The Morgan fingerprint density at radius 1 is 1.07 bits per heavy atom. The molecule has 70 valence electrons. The lowest BCUT2D eigenvalue weighted by atomic mass is 10.0. The van der Waals surface area contributed by atoms with E-state index >= 15 is 0 Å². The Kier molecular flexibility index (Phi) is 1.60. The minimum Gasteiger partial charge on any atom is -0.207 e. The van der Waals surface area contributed by atoms with Crippen molar-refractivity contribution in [3.05, 3.63) is 47.8 Å². The largest absolute Gasteiger partial charge is 0.207 e. The van der Waals surface area contributed by atoms with Crippen molar-refractivity contribution in [2.45, 2.75) is 18.8 Å². The van der Waals surface area contributed by atoms with Gasteiger partial charge in [-0.15, -0.1) is 0 Å². The van der Waals surface area contributed by atoms with E-state index in [0.29, 0.717) is 5.92 Å². The molecule has 0 atom stereocenters. The second kappa shape index (κ2) is 2.81. The maximum atomic E-state index is 13.1. The summed E-state index contributed by atoms with van der Waals surface area (Å²) in [7, 11) is 0. The SMILES string of the molecule is Fc1ccc2cccc(C3CC3)c2c1. The van der Waals surface area contributed by atoms with Crippen molar-refractivity contribution in [1.29, 1.82) is 0 Å². The lowest BCUT2D eigenvalue weighted by Crippen LogP contribution is -1.84. The summed E-state index contributed by atoms with van der Waals surface area (Å²) < 4.78 is 13.1. The van der Waals surface area contributed by atoms with Crippen molar-refractivity contribution in [1.82, 2.24) is 0 Å². The Bertz CT molecular complexity index is 484. The first kappa shape index (κ1) is 7.98. The first-order chi connectivity index (χ1) is 6.84. The van der Waals surface area contributed by atoms with E-state index < -0.39 is 0 Å². The van der Waals surface area contributed by atoms with Crippen LogP contribution in [0.3, 0.4) is 0 Å². The van der Waals surface area contributed by atoms with Crippen molar-refractivity contribution in [3.63, 3.8) is 0 Å². The maximum absolute atomic E-state index is 13.1. The third-order valence-electron chi connectivity index (χ3n) is 2.90. The van der Waals surface area contributed by atoms with E-state index in [0.717, 1.165) is 10.8 Å². The minimum absolute atomic E-state index is 0.134. The monoisotopic (exact) mass is 186 g/mol. The highest BCUT2D eigenvalue weighted by molar-refractivity contribution is 5.86. The Labute approximate surface area is 82.4 Å². The lowest BCUT2D eigenvalue weighted by molar-refractivity contribution is 0.629. The Morgan fingerprint density at radius 3 is 2.71 bits per heavy atom. The molecule has 2 aromatic carbocycles. The molecule has 1 aliphatic rings. The van der Waals surface area contributed by atoms with Gasteiger partial charge < -0.3 is 0 Å². The van der Waals surface area contributed by atoms with Crippen molar-refractivity contribution in [2.75, 3.05) is 0 Å². The fraction of sp³-hybridized carbons (Fsp3) is 0.231. The predicted molar refractivity (Wildman–Crippen MR) is 55.9 cm³/mol. The summed E-state index contributed by atoms with van der Waals surface area (Å²) >= 11 is 0. The molecule has 0 heterocycles. The van der Waals surface area contributed by atoms with Crippen LogP contribution in [0.4, 0.5) is 4.39 Å². The van der Waals surface area contributed by atoms with Gasteiger partial charge in [-0.3, -0.25) is 0 Å². The van der Waals surface area contributed by atoms with Gasteiger partial charge in [0.25, 0.3) is 0 Å². The summed E-state index contributed by atoms with van der Waals surface area (Å²) in [6.45, 7) is 0. The van der Waals surface area contributed by atoms with Crippen LogP contribution in [0, 0.1) is 5.82 Å². The predicted octanol–water partition coefficient (Wildman–Crippen LogP) is 3.86. The molecule has 0 unspecified atom stereocenters. The number of fused-ring (bicyclic) bond motifs is 1. The molecule has 1 aliphatic carbocycles. The van der Waals surface area contributed by atoms with Crippen LogP contribution in [-0.4, -0.2) is 0 Å². The molecule has 0 nitrogen and oxygen atoms in total. The van der Waals surface area contributed by atoms with E-state index in [4.69, 9.17) is 0 Å². The minimum atomic E-state index is -0.134. The molecule has 1 fully saturated rings. The highest BCUT2D eigenvalue weighted by Gasteiger charge is 2.24. The zero-order chi connectivity index (χ0) is 9.54. The third kappa shape index (κ3) is 1.20. The van der Waals surface area contributed by atoms with Crippen molar-refractivity contribution >= 4 is 10.8 Å².